The number of rotatable bonds is 3. The average Bonchev–Trinajstić information content (AvgIpc) is 2.23. The number of halogens is 2. The second kappa shape index (κ2) is 4.89. The van der Waals surface area contributed by atoms with Crippen molar-refractivity contribution in [2.24, 2.45) is 0 Å². The summed E-state index contributed by atoms with van der Waals surface area (Å²) in [5.74, 6) is -1.28. The second-order valence-electron chi connectivity index (χ2n) is 2.79. The highest BCUT2D eigenvalue weighted by Crippen LogP contribution is 2.22. The first-order valence-electron chi connectivity index (χ1n) is 4.09. The lowest BCUT2D eigenvalue weighted by Crippen LogP contribution is -2.08. The highest BCUT2D eigenvalue weighted by molar-refractivity contribution is 6.31. The quantitative estimate of drug-likeness (QED) is 0.589. The first-order chi connectivity index (χ1) is 7.10. The zero-order valence-electron chi connectivity index (χ0n) is 7.92. The number of benzene rings is 1. The Labute approximate surface area is 90.8 Å². The number of ether oxygens (including phenoxy) is 1. The van der Waals surface area contributed by atoms with Gasteiger partial charge in [0.05, 0.1) is 19.1 Å². The van der Waals surface area contributed by atoms with E-state index in [9.17, 15) is 14.0 Å². The van der Waals surface area contributed by atoms with Crippen LogP contribution >= 0.6 is 11.6 Å². The molecule has 0 bridgehead atoms. The molecular weight excluding hydrogens is 223 g/mol. The molecule has 0 heterocycles. The molecule has 15 heavy (non-hydrogen) atoms. The third-order valence-corrected chi connectivity index (χ3v) is 2.27. The third-order valence-electron chi connectivity index (χ3n) is 1.91. The van der Waals surface area contributed by atoms with Gasteiger partial charge in [-0.3, -0.25) is 9.59 Å². The van der Waals surface area contributed by atoms with Crippen molar-refractivity contribution in [2.45, 2.75) is 6.42 Å². The molecule has 80 valence electrons. The van der Waals surface area contributed by atoms with Crippen molar-refractivity contribution in [3.05, 3.63) is 34.1 Å². The maximum atomic E-state index is 13.1. The van der Waals surface area contributed by atoms with Crippen molar-refractivity contribution >= 4 is 23.9 Å². The Hall–Kier alpha value is -1.42. The Bertz CT molecular complexity index is 404. The van der Waals surface area contributed by atoms with Gasteiger partial charge in [-0.15, -0.1) is 0 Å². The van der Waals surface area contributed by atoms with Crippen LogP contribution in [0.3, 0.4) is 0 Å². The fourth-order valence-electron chi connectivity index (χ4n) is 1.13. The van der Waals surface area contributed by atoms with Gasteiger partial charge in [-0.1, -0.05) is 11.6 Å². The zero-order chi connectivity index (χ0) is 11.4. The first-order valence-corrected chi connectivity index (χ1v) is 4.46. The highest BCUT2D eigenvalue weighted by atomic mass is 35.5. The van der Waals surface area contributed by atoms with E-state index in [0.29, 0.717) is 6.29 Å². The monoisotopic (exact) mass is 230 g/mol. The molecule has 1 aromatic rings. The summed E-state index contributed by atoms with van der Waals surface area (Å²) >= 11 is 5.75. The summed E-state index contributed by atoms with van der Waals surface area (Å²) in [6.07, 6.45) is 0.112. The van der Waals surface area contributed by atoms with Crippen LogP contribution in [0.2, 0.25) is 5.02 Å². The molecule has 0 unspecified atom stereocenters. The SMILES string of the molecule is COC(=O)Cc1c(Cl)ccc(F)c1C=O. The zero-order valence-corrected chi connectivity index (χ0v) is 8.68. The smallest absolute Gasteiger partial charge is 0.310 e. The molecule has 0 spiro atoms. The van der Waals surface area contributed by atoms with Crippen LogP contribution in [0.25, 0.3) is 0 Å². The van der Waals surface area contributed by atoms with Gasteiger partial charge in [-0.05, 0) is 17.7 Å². The van der Waals surface area contributed by atoms with Gasteiger partial charge in [-0.2, -0.15) is 0 Å². The van der Waals surface area contributed by atoms with E-state index in [-0.39, 0.29) is 22.6 Å². The van der Waals surface area contributed by atoms with Crippen LogP contribution in [-0.4, -0.2) is 19.4 Å². The van der Waals surface area contributed by atoms with Crippen LogP contribution in [-0.2, 0) is 16.0 Å². The molecule has 0 fully saturated rings. The molecule has 0 aromatic heterocycles. The number of aldehydes is 1. The first kappa shape index (κ1) is 11.7. The number of carbonyl (C=O) groups is 2. The number of hydrogen-bond donors (Lipinski definition) is 0. The van der Waals surface area contributed by atoms with Gasteiger partial charge in [0.15, 0.2) is 6.29 Å². The molecule has 0 aliphatic rings. The fraction of sp³-hybridized carbons (Fsp3) is 0.200. The van der Waals surface area contributed by atoms with Crippen LogP contribution in [0.5, 0.6) is 0 Å². The van der Waals surface area contributed by atoms with Crippen molar-refractivity contribution in [3.8, 4) is 0 Å². The number of hydrogen-bond acceptors (Lipinski definition) is 3. The summed E-state index contributed by atoms with van der Waals surface area (Å²) in [6.45, 7) is 0. The predicted octanol–water partition coefficient (Wildman–Crippen LogP) is 2.01. The van der Waals surface area contributed by atoms with Crippen LogP contribution in [0.4, 0.5) is 4.39 Å². The van der Waals surface area contributed by atoms with E-state index < -0.39 is 11.8 Å². The normalized spacial score (nSPS) is 9.80. The summed E-state index contributed by atoms with van der Waals surface area (Å²) < 4.78 is 17.6. The minimum absolute atomic E-state index is 0.151. The molecule has 0 atom stereocenters. The third kappa shape index (κ3) is 2.53. The molecule has 0 aliphatic carbocycles. The topological polar surface area (TPSA) is 43.4 Å². The average molecular weight is 231 g/mol. The summed E-state index contributed by atoms with van der Waals surface area (Å²) in [5, 5.41) is 0.170. The van der Waals surface area contributed by atoms with Crippen molar-refractivity contribution in [1.82, 2.24) is 0 Å². The van der Waals surface area contributed by atoms with E-state index >= 15 is 0 Å². The summed E-state index contributed by atoms with van der Waals surface area (Å²) in [6, 6.07) is 2.37. The maximum Gasteiger partial charge on any atom is 0.310 e. The lowest BCUT2D eigenvalue weighted by atomic mass is 10.0. The van der Waals surface area contributed by atoms with E-state index in [0.717, 1.165) is 6.07 Å². The number of carbonyl (C=O) groups excluding carboxylic acids is 2. The maximum absolute atomic E-state index is 13.1. The molecule has 0 radical (unpaired) electrons. The molecule has 0 saturated heterocycles. The van der Waals surface area contributed by atoms with Gasteiger partial charge >= 0.3 is 5.97 Å². The molecule has 1 aromatic carbocycles. The van der Waals surface area contributed by atoms with Crippen molar-refractivity contribution < 1.29 is 18.7 Å². The number of methoxy groups -OCH3 is 1. The summed E-state index contributed by atoms with van der Waals surface area (Å²) in [7, 11) is 1.20. The molecular formula is C10H8ClFO3. The van der Waals surface area contributed by atoms with Gasteiger partial charge in [0.25, 0.3) is 0 Å². The Kier molecular flexibility index (Phi) is 3.80. The van der Waals surface area contributed by atoms with Crippen molar-refractivity contribution in [2.75, 3.05) is 7.11 Å². The minimum Gasteiger partial charge on any atom is -0.469 e. The molecule has 0 aliphatic heterocycles. The van der Waals surface area contributed by atoms with E-state index in [1.54, 1.807) is 0 Å². The van der Waals surface area contributed by atoms with Gasteiger partial charge in [0.1, 0.15) is 5.82 Å². The fourth-order valence-corrected chi connectivity index (χ4v) is 1.36. The Morgan fingerprint density at radius 3 is 2.80 bits per heavy atom. The van der Waals surface area contributed by atoms with E-state index in [4.69, 9.17) is 11.6 Å². The molecule has 0 N–H and O–H groups in total. The van der Waals surface area contributed by atoms with Crippen LogP contribution < -0.4 is 0 Å². The summed E-state index contributed by atoms with van der Waals surface area (Å²) in [5.41, 5.74) is -0.0496. The van der Waals surface area contributed by atoms with Gasteiger partial charge < -0.3 is 4.74 Å². The Morgan fingerprint density at radius 1 is 1.60 bits per heavy atom. The minimum atomic E-state index is -0.701. The van der Waals surface area contributed by atoms with Gasteiger partial charge in [0, 0.05) is 5.02 Å². The molecule has 1 rings (SSSR count). The van der Waals surface area contributed by atoms with Crippen LogP contribution in [0.1, 0.15) is 15.9 Å². The van der Waals surface area contributed by atoms with Crippen molar-refractivity contribution in [1.29, 1.82) is 0 Å². The standard InChI is InChI=1S/C10H8ClFO3/c1-15-10(14)4-6-7(5-13)9(12)3-2-8(6)11/h2-3,5H,4H2,1H3. The largest absolute Gasteiger partial charge is 0.469 e. The number of esters is 1. The lowest BCUT2D eigenvalue weighted by molar-refractivity contribution is -0.139. The molecule has 3 nitrogen and oxygen atoms in total. The van der Waals surface area contributed by atoms with Gasteiger partial charge in [-0.25, -0.2) is 4.39 Å². The van der Waals surface area contributed by atoms with E-state index in [1.165, 1.54) is 13.2 Å². The Morgan fingerprint density at radius 2 is 2.27 bits per heavy atom. The van der Waals surface area contributed by atoms with Crippen LogP contribution in [0, 0.1) is 5.82 Å². The molecule has 5 heteroatoms. The van der Waals surface area contributed by atoms with Crippen molar-refractivity contribution in [3.63, 3.8) is 0 Å². The van der Waals surface area contributed by atoms with Crippen LogP contribution in [0.15, 0.2) is 12.1 Å². The lowest BCUT2D eigenvalue weighted by Gasteiger charge is -2.06. The second-order valence-corrected chi connectivity index (χ2v) is 3.20. The van der Waals surface area contributed by atoms with Gasteiger partial charge in [0.2, 0.25) is 0 Å². The van der Waals surface area contributed by atoms with E-state index in [1.807, 2.05) is 0 Å². The highest BCUT2D eigenvalue weighted by Gasteiger charge is 2.15. The predicted molar refractivity (Wildman–Crippen MR) is 52.5 cm³/mol. The summed E-state index contributed by atoms with van der Waals surface area (Å²) in [4.78, 5) is 21.6. The molecule has 0 saturated carbocycles. The molecule has 0 amide bonds. The van der Waals surface area contributed by atoms with E-state index in [2.05, 4.69) is 4.74 Å². The Balaban J connectivity index is 3.19.